The molecule has 5 nitrogen and oxygen atoms in total. The number of piperidine rings is 1. The van der Waals surface area contributed by atoms with Gasteiger partial charge in [0, 0.05) is 36.8 Å². The molecule has 0 unspecified atom stereocenters. The van der Waals surface area contributed by atoms with E-state index < -0.39 is 17.8 Å². The van der Waals surface area contributed by atoms with Gasteiger partial charge < -0.3 is 15.7 Å². The Balaban J connectivity index is 1.92. The molecule has 0 radical (unpaired) electrons. The van der Waals surface area contributed by atoms with Gasteiger partial charge in [0.05, 0.1) is 23.7 Å². The lowest BCUT2D eigenvalue weighted by molar-refractivity contribution is -0.136. The quantitative estimate of drug-likeness (QED) is 0.814. The summed E-state index contributed by atoms with van der Waals surface area (Å²) in [5.74, 6) is 0.106. The predicted octanol–water partition coefficient (Wildman–Crippen LogP) is 2.99. The van der Waals surface area contributed by atoms with Crippen LogP contribution in [0.25, 0.3) is 10.9 Å². The normalized spacial score (nSPS) is 21.7. The van der Waals surface area contributed by atoms with E-state index in [1.807, 2.05) is 4.90 Å². The van der Waals surface area contributed by atoms with Crippen LogP contribution in [-0.4, -0.2) is 41.6 Å². The van der Waals surface area contributed by atoms with Gasteiger partial charge in [-0.3, -0.25) is 9.78 Å². The van der Waals surface area contributed by atoms with Crippen LogP contribution in [0.1, 0.15) is 25.3 Å². The van der Waals surface area contributed by atoms with Crippen molar-refractivity contribution in [2.75, 3.05) is 24.6 Å². The molecule has 0 bridgehead atoms. The number of pyridine rings is 1. The van der Waals surface area contributed by atoms with E-state index in [1.165, 1.54) is 12.3 Å². The monoisotopic (exact) mass is 395 g/mol. The Morgan fingerprint density at radius 3 is 2.79 bits per heavy atom. The number of alkyl halides is 3. The Kier molecular flexibility index (Phi) is 5.90. The number of hydrogen-bond donors (Lipinski definition) is 2. The van der Waals surface area contributed by atoms with Crippen molar-refractivity contribution in [2.45, 2.75) is 32.0 Å². The van der Waals surface area contributed by atoms with Gasteiger partial charge in [-0.05, 0) is 42.5 Å². The Morgan fingerprint density at radius 1 is 1.36 bits per heavy atom. The molecule has 152 valence electrons. The molecule has 1 aromatic carbocycles. The van der Waals surface area contributed by atoms with Crippen LogP contribution in [0.15, 0.2) is 30.5 Å². The molecule has 2 heterocycles. The fraction of sp³-hybridized carbons (Fsp3) is 0.500. The van der Waals surface area contributed by atoms with E-state index in [0.717, 1.165) is 12.5 Å². The SMILES string of the molecule is C[C@H]1C[C@@H](CC(=O)[C@@H](N)CO)CN(c2ccc(C(F)(F)F)c3ncccc23)C1. The van der Waals surface area contributed by atoms with Crippen molar-refractivity contribution in [3.63, 3.8) is 0 Å². The van der Waals surface area contributed by atoms with Gasteiger partial charge in [-0.25, -0.2) is 0 Å². The summed E-state index contributed by atoms with van der Waals surface area (Å²) in [6, 6.07) is 4.95. The molecule has 3 N–H and O–H groups in total. The van der Waals surface area contributed by atoms with Gasteiger partial charge in [0.1, 0.15) is 0 Å². The number of aliphatic hydroxyl groups excluding tert-OH is 1. The summed E-state index contributed by atoms with van der Waals surface area (Å²) in [6.07, 6.45) is -2.04. The number of rotatable bonds is 5. The van der Waals surface area contributed by atoms with E-state index in [2.05, 4.69) is 11.9 Å². The van der Waals surface area contributed by atoms with Gasteiger partial charge in [0.2, 0.25) is 0 Å². The topological polar surface area (TPSA) is 79.5 Å². The molecule has 28 heavy (non-hydrogen) atoms. The maximum atomic E-state index is 13.3. The smallest absolute Gasteiger partial charge is 0.394 e. The average molecular weight is 395 g/mol. The average Bonchev–Trinajstić information content (AvgIpc) is 2.65. The molecule has 1 saturated heterocycles. The molecule has 0 amide bonds. The van der Waals surface area contributed by atoms with Crippen LogP contribution in [0.5, 0.6) is 0 Å². The van der Waals surface area contributed by atoms with Crippen LogP contribution >= 0.6 is 0 Å². The van der Waals surface area contributed by atoms with E-state index in [4.69, 9.17) is 10.8 Å². The number of hydrogen-bond acceptors (Lipinski definition) is 5. The van der Waals surface area contributed by atoms with Gasteiger partial charge in [-0.1, -0.05) is 6.92 Å². The summed E-state index contributed by atoms with van der Waals surface area (Å²) in [5.41, 5.74) is 5.48. The number of fused-ring (bicyclic) bond motifs is 1. The van der Waals surface area contributed by atoms with E-state index in [9.17, 15) is 18.0 Å². The third-order valence-corrected chi connectivity index (χ3v) is 5.24. The first-order valence-corrected chi connectivity index (χ1v) is 9.29. The van der Waals surface area contributed by atoms with Crippen molar-refractivity contribution in [3.8, 4) is 0 Å². The lowest BCUT2D eigenvalue weighted by Gasteiger charge is -2.38. The molecule has 0 aliphatic carbocycles. The molecule has 1 fully saturated rings. The summed E-state index contributed by atoms with van der Waals surface area (Å²) >= 11 is 0. The highest BCUT2D eigenvalue weighted by molar-refractivity contribution is 5.94. The van der Waals surface area contributed by atoms with Gasteiger partial charge in [-0.2, -0.15) is 13.2 Å². The second kappa shape index (κ2) is 8.05. The maximum absolute atomic E-state index is 13.3. The number of nitrogens with zero attached hydrogens (tertiary/aromatic N) is 2. The predicted molar refractivity (Wildman–Crippen MR) is 101 cm³/mol. The van der Waals surface area contributed by atoms with Crippen LogP contribution in [0.3, 0.4) is 0 Å². The maximum Gasteiger partial charge on any atom is 0.418 e. The molecule has 0 spiro atoms. The molecular weight excluding hydrogens is 371 g/mol. The zero-order valence-electron chi connectivity index (χ0n) is 15.6. The lowest BCUT2D eigenvalue weighted by atomic mass is 9.85. The number of Topliss-reactive ketones (excluding diaryl/α,β-unsaturated/α-hetero) is 1. The summed E-state index contributed by atoms with van der Waals surface area (Å²) < 4.78 is 40.0. The second-order valence-corrected chi connectivity index (χ2v) is 7.60. The molecule has 1 aromatic heterocycles. The summed E-state index contributed by atoms with van der Waals surface area (Å²) in [6.45, 7) is 2.90. The standard InChI is InChI=1S/C20H24F3N3O2/c1-12-7-13(8-18(28)16(24)11-27)10-26(9-12)17-5-4-15(20(21,22)23)19-14(17)3-2-6-25-19/h2-6,12-13,16,27H,7-11,24H2,1H3/t12-,13-,16-/m0/s1. The number of halogens is 3. The second-order valence-electron chi connectivity index (χ2n) is 7.60. The van der Waals surface area contributed by atoms with E-state index in [-0.39, 0.29) is 36.2 Å². The minimum Gasteiger partial charge on any atom is -0.394 e. The fourth-order valence-corrected chi connectivity index (χ4v) is 4.02. The van der Waals surface area contributed by atoms with Crippen LogP contribution in [-0.2, 0) is 11.0 Å². The number of ketones is 1. The number of anilines is 1. The highest BCUT2D eigenvalue weighted by atomic mass is 19.4. The Bertz CT molecular complexity index is 856. The van der Waals surface area contributed by atoms with Crippen LogP contribution in [0.2, 0.25) is 0 Å². The van der Waals surface area contributed by atoms with Crippen molar-refractivity contribution < 1.29 is 23.1 Å². The number of carbonyl (C=O) groups is 1. The highest BCUT2D eigenvalue weighted by Crippen LogP contribution is 2.39. The Morgan fingerprint density at radius 2 is 2.11 bits per heavy atom. The third-order valence-electron chi connectivity index (χ3n) is 5.24. The van der Waals surface area contributed by atoms with Crippen molar-refractivity contribution >= 4 is 22.4 Å². The molecule has 2 aromatic rings. The Hall–Kier alpha value is -2.19. The third kappa shape index (κ3) is 4.28. The molecular formula is C20H24F3N3O2. The number of carbonyl (C=O) groups excluding carboxylic acids is 1. The lowest BCUT2D eigenvalue weighted by Crippen LogP contribution is -2.43. The van der Waals surface area contributed by atoms with E-state index >= 15 is 0 Å². The van der Waals surface area contributed by atoms with Crippen LogP contribution < -0.4 is 10.6 Å². The van der Waals surface area contributed by atoms with Gasteiger partial charge >= 0.3 is 6.18 Å². The van der Waals surface area contributed by atoms with Crippen molar-refractivity contribution in [2.24, 2.45) is 17.6 Å². The summed E-state index contributed by atoms with van der Waals surface area (Å²) in [4.78, 5) is 18.1. The van der Waals surface area contributed by atoms with E-state index in [1.54, 1.807) is 12.1 Å². The first kappa shape index (κ1) is 20.5. The number of aromatic nitrogens is 1. The van der Waals surface area contributed by atoms with Crippen molar-refractivity contribution in [1.82, 2.24) is 4.98 Å². The molecule has 0 saturated carbocycles. The molecule has 3 rings (SSSR count). The van der Waals surface area contributed by atoms with Crippen LogP contribution in [0.4, 0.5) is 18.9 Å². The largest absolute Gasteiger partial charge is 0.418 e. The minimum atomic E-state index is -4.48. The van der Waals surface area contributed by atoms with E-state index in [0.29, 0.717) is 24.2 Å². The first-order valence-electron chi connectivity index (χ1n) is 9.29. The molecule has 1 aliphatic rings. The van der Waals surface area contributed by atoms with Gasteiger partial charge in [-0.15, -0.1) is 0 Å². The van der Waals surface area contributed by atoms with Crippen molar-refractivity contribution in [3.05, 3.63) is 36.0 Å². The number of aliphatic hydroxyl groups is 1. The van der Waals surface area contributed by atoms with Crippen molar-refractivity contribution in [1.29, 1.82) is 0 Å². The minimum absolute atomic E-state index is 0.0304. The summed E-state index contributed by atoms with van der Waals surface area (Å²) in [5, 5.41) is 9.52. The first-order chi connectivity index (χ1) is 13.2. The number of nitrogens with two attached hydrogens (primary N) is 1. The summed E-state index contributed by atoms with van der Waals surface area (Å²) in [7, 11) is 0. The molecule has 8 heteroatoms. The fourth-order valence-electron chi connectivity index (χ4n) is 4.02. The zero-order valence-corrected chi connectivity index (χ0v) is 15.6. The van der Waals surface area contributed by atoms with Gasteiger partial charge in [0.15, 0.2) is 5.78 Å². The Labute approximate surface area is 161 Å². The molecule has 1 aliphatic heterocycles. The van der Waals surface area contributed by atoms with Crippen LogP contribution in [0, 0.1) is 11.8 Å². The molecule has 3 atom stereocenters. The zero-order chi connectivity index (χ0) is 20.5. The highest BCUT2D eigenvalue weighted by Gasteiger charge is 2.35. The van der Waals surface area contributed by atoms with Gasteiger partial charge in [0.25, 0.3) is 0 Å². The number of benzene rings is 1.